The Bertz CT molecular complexity index is 930. The van der Waals surface area contributed by atoms with Crippen LogP contribution in [0.2, 0.25) is 0 Å². The highest BCUT2D eigenvalue weighted by Crippen LogP contribution is 2.29. The number of amides is 1. The second kappa shape index (κ2) is 8.36. The number of rotatable bonds is 6. The summed E-state index contributed by atoms with van der Waals surface area (Å²) in [7, 11) is 0. The molecule has 0 saturated carbocycles. The van der Waals surface area contributed by atoms with E-state index in [1.807, 2.05) is 54.6 Å². The first kappa shape index (κ1) is 18.5. The third kappa shape index (κ3) is 4.26. The Morgan fingerprint density at radius 2 is 1.81 bits per heavy atom. The predicted molar refractivity (Wildman–Crippen MR) is 103 cm³/mol. The van der Waals surface area contributed by atoms with Gasteiger partial charge >= 0.3 is 5.97 Å². The van der Waals surface area contributed by atoms with Crippen LogP contribution >= 0.6 is 0 Å². The van der Waals surface area contributed by atoms with Crippen LogP contribution in [0.15, 0.2) is 71.3 Å². The van der Waals surface area contributed by atoms with E-state index in [2.05, 4.69) is 0 Å². The third-order valence-electron chi connectivity index (χ3n) is 4.16. The Labute approximate surface area is 158 Å². The molecular formula is C22H21NO4. The van der Waals surface area contributed by atoms with Crippen LogP contribution < -0.4 is 4.90 Å². The molecule has 0 aliphatic heterocycles. The Kier molecular flexibility index (Phi) is 5.71. The van der Waals surface area contributed by atoms with Gasteiger partial charge in [0.2, 0.25) is 11.7 Å². The molecule has 3 aromatic rings. The molecule has 138 valence electrons. The summed E-state index contributed by atoms with van der Waals surface area (Å²) in [5.74, 6) is -0.407. The van der Waals surface area contributed by atoms with Gasteiger partial charge in [-0.05, 0) is 36.2 Å². The standard InChI is InChI=1S/C22H21NO4/c1-3-26-22(25)21-20(12-13-27-21)18-10-7-11-19(14-18)23(16(2)24)15-17-8-5-4-6-9-17/h4-14H,3,15H2,1-2H3. The fourth-order valence-corrected chi connectivity index (χ4v) is 2.88. The summed E-state index contributed by atoms with van der Waals surface area (Å²) < 4.78 is 10.4. The second-order valence-corrected chi connectivity index (χ2v) is 6.02. The van der Waals surface area contributed by atoms with Crippen LogP contribution in [0.25, 0.3) is 11.1 Å². The van der Waals surface area contributed by atoms with Crippen LogP contribution in [0.3, 0.4) is 0 Å². The van der Waals surface area contributed by atoms with Crippen molar-refractivity contribution in [2.24, 2.45) is 0 Å². The molecule has 0 N–H and O–H groups in total. The second-order valence-electron chi connectivity index (χ2n) is 6.02. The van der Waals surface area contributed by atoms with Crippen molar-refractivity contribution >= 4 is 17.6 Å². The molecule has 0 saturated heterocycles. The van der Waals surface area contributed by atoms with Crippen molar-refractivity contribution < 1.29 is 18.7 Å². The summed E-state index contributed by atoms with van der Waals surface area (Å²) in [6.45, 7) is 4.02. The fraction of sp³-hybridized carbons (Fsp3) is 0.182. The Balaban J connectivity index is 1.94. The van der Waals surface area contributed by atoms with Crippen LogP contribution in [0, 0.1) is 0 Å². The summed E-state index contributed by atoms with van der Waals surface area (Å²) in [6.07, 6.45) is 1.46. The zero-order valence-corrected chi connectivity index (χ0v) is 15.3. The monoisotopic (exact) mass is 363 g/mol. The predicted octanol–water partition coefficient (Wildman–Crippen LogP) is 4.68. The Morgan fingerprint density at radius 3 is 2.52 bits per heavy atom. The van der Waals surface area contributed by atoms with Gasteiger partial charge in [-0.2, -0.15) is 0 Å². The number of hydrogen-bond acceptors (Lipinski definition) is 4. The Morgan fingerprint density at radius 1 is 1.04 bits per heavy atom. The molecule has 0 spiro atoms. The van der Waals surface area contributed by atoms with E-state index < -0.39 is 5.97 Å². The number of benzene rings is 2. The van der Waals surface area contributed by atoms with E-state index in [0.29, 0.717) is 12.1 Å². The van der Waals surface area contributed by atoms with Crippen molar-refractivity contribution in [3.63, 3.8) is 0 Å². The van der Waals surface area contributed by atoms with E-state index in [0.717, 1.165) is 16.8 Å². The highest BCUT2D eigenvalue weighted by Gasteiger charge is 2.19. The zero-order chi connectivity index (χ0) is 19.2. The van der Waals surface area contributed by atoms with Gasteiger partial charge in [0.25, 0.3) is 0 Å². The van der Waals surface area contributed by atoms with E-state index in [1.165, 1.54) is 13.2 Å². The summed E-state index contributed by atoms with van der Waals surface area (Å²) in [5.41, 5.74) is 3.20. The molecule has 1 amide bonds. The molecule has 0 atom stereocenters. The number of anilines is 1. The highest BCUT2D eigenvalue weighted by molar-refractivity contribution is 5.96. The largest absolute Gasteiger partial charge is 0.460 e. The summed E-state index contributed by atoms with van der Waals surface area (Å²) in [5, 5.41) is 0. The van der Waals surface area contributed by atoms with Crippen LogP contribution in [-0.4, -0.2) is 18.5 Å². The van der Waals surface area contributed by atoms with Gasteiger partial charge in [-0.25, -0.2) is 4.79 Å². The summed E-state index contributed by atoms with van der Waals surface area (Å²) in [4.78, 5) is 26.0. The number of hydrogen-bond donors (Lipinski definition) is 0. The molecular weight excluding hydrogens is 342 g/mol. The average Bonchev–Trinajstić information content (AvgIpc) is 3.17. The fourth-order valence-electron chi connectivity index (χ4n) is 2.88. The van der Waals surface area contributed by atoms with Gasteiger partial charge < -0.3 is 14.1 Å². The van der Waals surface area contributed by atoms with Crippen LogP contribution in [-0.2, 0) is 16.1 Å². The molecule has 0 bridgehead atoms. The van der Waals surface area contributed by atoms with E-state index in [1.54, 1.807) is 17.9 Å². The Hall–Kier alpha value is -3.34. The summed E-state index contributed by atoms with van der Waals surface area (Å²) >= 11 is 0. The van der Waals surface area contributed by atoms with Gasteiger partial charge in [-0.1, -0.05) is 42.5 Å². The smallest absolute Gasteiger partial charge is 0.374 e. The van der Waals surface area contributed by atoms with Crippen molar-refractivity contribution in [1.29, 1.82) is 0 Å². The maximum Gasteiger partial charge on any atom is 0.374 e. The maximum absolute atomic E-state index is 12.2. The first-order valence-corrected chi connectivity index (χ1v) is 8.77. The van der Waals surface area contributed by atoms with Crippen molar-refractivity contribution in [3.8, 4) is 11.1 Å². The molecule has 5 heteroatoms. The van der Waals surface area contributed by atoms with Crippen LogP contribution in [0.4, 0.5) is 5.69 Å². The number of ether oxygens (including phenoxy) is 1. The number of nitrogens with zero attached hydrogens (tertiary/aromatic N) is 1. The van der Waals surface area contributed by atoms with E-state index in [-0.39, 0.29) is 18.3 Å². The number of carbonyl (C=O) groups is 2. The lowest BCUT2D eigenvalue weighted by atomic mass is 10.0. The molecule has 2 aromatic carbocycles. The third-order valence-corrected chi connectivity index (χ3v) is 4.16. The minimum absolute atomic E-state index is 0.0613. The van der Waals surface area contributed by atoms with Crippen LogP contribution in [0.1, 0.15) is 30.0 Å². The lowest BCUT2D eigenvalue weighted by Crippen LogP contribution is -2.27. The molecule has 1 heterocycles. The number of furan rings is 1. The SMILES string of the molecule is CCOC(=O)c1occc1-c1cccc(N(Cc2ccccc2)C(C)=O)c1. The minimum atomic E-state index is -0.504. The quantitative estimate of drug-likeness (QED) is 0.597. The van der Waals surface area contributed by atoms with Crippen molar-refractivity contribution in [1.82, 2.24) is 0 Å². The van der Waals surface area contributed by atoms with Gasteiger partial charge in [-0.15, -0.1) is 0 Å². The molecule has 0 unspecified atom stereocenters. The molecule has 5 nitrogen and oxygen atoms in total. The lowest BCUT2D eigenvalue weighted by Gasteiger charge is -2.22. The van der Waals surface area contributed by atoms with Gasteiger partial charge in [0.05, 0.1) is 19.4 Å². The number of esters is 1. The molecule has 0 aliphatic rings. The van der Waals surface area contributed by atoms with E-state index in [4.69, 9.17) is 9.15 Å². The van der Waals surface area contributed by atoms with Crippen LogP contribution in [0.5, 0.6) is 0 Å². The molecule has 0 fully saturated rings. The molecule has 0 aliphatic carbocycles. The molecule has 3 rings (SSSR count). The van der Waals surface area contributed by atoms with Gasteiger partial charge in [0.1, 0.15) is 0 Å². The zero-order valence-electron chi connectivity index (χ0n) is 15.3. The van der Waals surface area contributed by atoms with Crippen molar-refractivity contribution in [3.05, 3.63) is 78.3 Å². The normalized spacial score (nSPS) is 10.4. The van der Waals surface area contributed by atoms with Gasteiger partial charge in [0.15, 0.2) is 0 Å². The van der Waals surface area contributed by atoms with Crippen molar-refractivity contribution in [2.75, 3.05) is 11.5 Å². The van der Waals surface area contributed by atoms with E-state index >= 15 is 0 Å². The maximum atomic E-state index is 12.2. The van der Waals surface area contributed by atoms with E-state index in [9.17, 15) is 9.59 Å². The number of carbonyl (C=O) groups excluding carboxylic acids is 2. The highest BCUT2D eigenvalue weighted by atomic mass is 16.5. The average molecular weight is 363 g/mol. The first-order chi connectivity index (χ1) is 13.1. The van der Waals surface area contributed by atoms with Crippen molar-refractivity contribution in [2.45, 2.75) is 20.4 Å². The molecule has 1 aromatic heterocycles. The molecule has 0 radical (unpaired) electrons. The van der Waals surface area contributed by atoms with Gasteiger partial charge in [-0.3, -0.25) is 4.79 Å². The first-order valence-electron chi connectivity index (χ1n) is 8.77. The summed E-state index contributed by atoms with van der Waals surface area (Å²) in [6, 6.07) is 19.0. The molecule has 27 heavy (non-hydrogen) atoms. The minimum Gasteiger partial charge on any atom is -0.460 e. The van der Waals surface area contributed by atoms with Gasteiger partial charge in [0, 0.05) is 18.2 Å². The lowest BCUT2D eigenvalue weighted by molar-refractivity contribution is -0.116. The topological polar surface area (TPSA) is 59.8 Å².